The van der Waals surface area contributed by atoms with Crippen molar-refractivity contribution in [3.63, 3.8) is 0 Å². The van der Waals surface area contributed by atoms with Crippen molar-refractivity contribution in [1.29, 1.82) is 0 Å². The molecule has 10 heteroatoms. The van der Waals surface area contributed by atoms with Gasteiger partial charge in [-0.05, 0) is 37.6 Å². The number of ether oxygens (including phenoxy) is 1. The lowest BCUT2D eigenvalue weighted by Crippen LogP contribution is -2.11. The Kier molecular flexibility index (Phi) is 6.35. The highest BCUT2D eigenvalue weighted by Crippen LogP contribution is 2.30. The third kappa shape index (κ3) is 4.65. The van der Waals surface area contributed by atoms with Gasteiger partial charge in [0, 0.05) is 6.54 Å². The standard InChI is InChI=1S/C19H23N3O5S2/c1-4-5-8-22-17-7-6-14(29(20,24)25)10-16(17)21-19(22)28-11-13-9-15(12(2)27-13)18(23)26-3/h6-7,9-10H,4-5,8,11H2,1-3H3,(H2,20,24,25). The molecular weight excluding hydrogens is 414 g/mol. The molecule has 0 atom stereocenters. The number of nitrogens with two attached hydrogens (primary N) is 1. The van der Waals surface area contributed by atoms with Crippen molar-refractivity contribution in [2.75, 3.05) is 7.11 Å². The number of carbonyl (C=O) groups excluding carboxylic acids is 1. The van der Waals surface area contributed by atoms with E-state index in [0.717, 1.165) is 30.1 Å². The number of aromatic nitrogens is 2. The van der Waals surface area contributed by atoms with E-state index in [9.17, 15) is 13.2 Å². The summed E-state index contributed by atoms with van der Waals surface area (Å²) in [4.78, 5) is 16.4. The van der Waals surface area contributed by atoms with Crippen molar-refractivity contribution < 1.29 is 22.4 Å². The van der Waals surface area contributed by atoms with Gasteiger partial charge in [-0.2, -0.15) is 0 Å². The number of aryl methyl sites for hydroxylation is 2. The van der Waals surface area contributed by atoms with Gasteiger partial charge in [0.05, 0.1) is 28.8 Å². The van der Waals surface area contributed by atoms with Gasteiger partial charge in [0.1, 0.15) is 17.1 Å². The number of sulfonamides is 1. The zero-order chi connectivity index (χ0) is 21.2. The van der Waals surface area contributed by atoms with Crippen LogP contribution in [0.15, 0.2) is 38.7 Å². The first-order chi connectivity index (χ1) is 13.7. The fourth-order valence-corrected chi connectivity index (χ4v) is 4.43. The zero-order valence-electron chi connectivity index (χ0n) is 16.5. The largest absolute Gasteiger partial charge is 0.465 e. The third-order valence-corrected chi connectivity index (χ3v) is 6.38. The first-order valence-electron chi connectivity index (χ1n) is 9.08. The van der Waals surface area contributed by atoms with Gasteiger partial charge in [0.15, 0.2) is 5.16 Å². The van der Waals surface area contributed by atoms with Gasteiger partial charge < -0.3 is 13.7 Å². The van der Waals surface area contributed by atoms with E-state index in [1.165, 1.54) is 31.0 Å². The number of carbonyl (C=O) groups is 1. The number of imidazole rings is 1. The third-order valence-electron chi connectivity index (χ3n) is 4.47. The van der Waals surface area contributed by atoms with Gasteiger partial charge >= 0.3 is 5.97 Å². The van der Waals surface area contributed by atoms with E-state index in [0.29, 0.717) is 28.4 Å². The Balaban J connectivity index is 1.92. The summed E-state index contributed by atoms with van der Waals surface area (Å²) in [7, 11) is -2.47. The number of unbranched alkanes of at least 4 members (excludes halogenated alkanes) is 1. The Morgan fingerprint density at radius 2 is 2.10 bits per heavy atom. The number of rotatable bonds is 8. The molecule has 156 valence electrons. The summed E-state index contributed by atoms with van der Waals surface area (Å²) < 4.78 is 35.8. The Bertz CT molecular complexity index is 1150. The highest BCUT2D eigenvalue weighted by atomic mass is 32.2. The maximum atomic E-state index is 11.8. The van der Waals surface area contributed by atoms with Crippen LogP contribution in [0.4, 0.5) is 0 Å². The molecular formula is C19H23N3O5S2. The van der Waals surface area contributed by atoms with Gasteiger partial charge in [0.25, 0.3) is 0 Å². The Hall–Kier alpha value is -2.30. The van der Waals surface area contributed by atoms with Crippen LogP contribution in [0.3, 0.4) is 0 Å². The minimum Gasteiger partial charge on any atom is -0.465 e. The molecule has 0 saturated heterocycles. The molecule has 0 unspecified atom stereocenters. The summed E-state index contributed by atoms with van der Waals surface area (Å²) >= 11 is 1.46. The molecule has 8 nitrogen and oxygen atoms in total. The molecule has 0 aliphatic rings. The number of primary sulfonamides is 1. The molecule has 2 aromatic heterocycles. The highest BCUT2D eigenvalue weighted by Gasteiger charge is 2.18. The fourth-order valence-electron chi connectivity index (χ4n) is 2.97. The molecule has 3 rings (SSSR count). The van der Waals surface area contributed by atoms with Crippen molar-refractivity contribution in [3.8, 4) is 0 Å². The number of benzene rings is 1. The van der Waals surface area contributed by atoms with Crippen LogP contribution in [0.25, 0.3) is 11.0 Å². The van der Waals surface area contributed by atoms with Crippen LogP contribution in [-0.4, -0.2) is 31.0 Å². The van der Waals surface area contributed by atoms with E-state index in [4.69, 9.17) is 14.3 Å². The summed E-state index contributed by atoms with van der Waals surface area (Å²) in [6, 6.07) is 6.39. The van der Waals surface area contributed by atoms with Gasteiger partial charge in [-0.3, -0.25) is 0 Å². The quantitative estimate of drug-likeness (QED) is 0.423. The average molecular weight is 438 g/mol. The van der Waals surface area contributed by atoms with Gasteiger partial charge in [-0.25, -0.2) is 23.3 Å². The number of nitrogens with zero attached hydrogens (tertiary/aromatic N) is 2. The maximum Gasteiger partial charge on any atom is 0.341 e. The Morgan fingerprint density at radius 3 is 2.76 bits per heavy atom. The van der Waals surface area contributed by atoms with Crippen molar-refractivity contribution in [3.05, 3.63) is 41.3 Å². The predicted octanol–water partition coefficient (Wildman–Crippen LogP) is 3.46. The number of methoxy groups -OCH3 is 1. The molecule has 2 N–H and O–H groups in total. The Labute approximate surface area is 173 Å². The van der Waals surface area contributed by atoms with E-state index in [-0.39, 0.29) is 4.90 Å². The smallest absolute Gasteiger partial charge is 0.341 e. The number of esters is 1. The molecule has 0 saturated carbocycles. The molecule has 0 bridgehead atoms. The topological polar surface area (TPSA) is 117 Å². The SMILES string of the molecule is CCCCn1c(SCc2cc(C(=O)OC)c(C)o2)nc2cc(S(N)(=O)=O)ccc21. The monoisotopic (exact) mass is 437 g/mol. The lowest BCUT2D eigenvalue weighted by molar-refractivity contribution is 0.0599. The minimum absolute atomic E-state index is 0.0334. The van der Waals surface area contributed by atoms with Crippen LogP contribution in [0.1, 0.15) is 41.6 Å². The predicted molar refractivity (Wildman–Crippen MR) is 110 cm³/mol. The van der Waals surface area contributed by atoms with E-state index in [1.807, 2.05) is 0 Å². The normalized spacial score (nSPS) is 11.9. The van der Waals surface area contributed by atoms with Crippen molar-refractivity contribution in [2.24, 2.45) is 5.14 Å². The number of hydrogen-bond acceptors (Lipinski definition) is 7. The second-order valence-electron chi connectivity index (χ2n) is 6.56. The first-order valence-corrected chi connectivity index (χ1v) is 11.6. The lowest BCUT2D eigenvalue weighted by Gasteiger charge is -2.07. The summed E-state index contributed by atoms with van der Waals surface area (Å²) in [5.74, 6) is 1.17. The van der Waals surface area contributed by atoms with Crippen molar-refractivity contribution in [2.45, 2.75) is 49.0 Å². The molecule has 0 spiro atoms. The van der Waals surface area contributed by atoms with E-state index in [2.05, 4.69) is 16.5 Å². The molecule has 3 aromatic rings. The van der Waals surface area contributed by atoms with Gasteiger partial charge in [0.2, 0.25) is 10.0 Å². The average Bonchev–Trinajstić information content (AvgIpc) is 3.22. The van der Waals surface area contributed by atoms with Crippen molar-refractivity contribution >= 4 is 38.8 Å². The maximum absolute atomic E-state index is 11.8. The van der Waals surface area contributed by atoms with Crippen LogP contribution in [0.2, 0.25) is 0 Å². The van der Waals surface area contributed by atoms with E-state index < -0.39 is 16.0 Å². The molecule has 0 aliphatic carbocycles. The lowest BCUT2D eigenvalue weighted by atomic mass is 10.2. The zero-order valence-corrected chi connectivity index (χ0v) is 18.1. The van der Waals surface area contributed by atoms with Gasteiger partial charge in [-0.15, -0.1) is 0 Å². The summed E-state index contributed by atoms with van der Waals surface area (Å²) in [6.45, 7) is 4.57. The fraction of sp³-hybridized carbons (Fsp3) is 0.368. The number of thioether (sulfide) groups is 1. The van der Waals surface area contributed by atoms with E-state index >= 15 is 0 Å². The molecule has 2 heterocycles. The second kappa shape index (κ2) is 8.60. The number of fused-ring (bicyclic) bond motifs is 1. The molecule has 1 aromatic carbocycles. The van der Waals surface area contributed by atoms with Crippen LogP contribution < -0.4 is 5.14 Å². The molecule has 0 amide bonds. The van der Waals surface area contributed by atoms with Crippen LogP contribution in [0, 0.1) is 6.92 Å². The minimum atomic E-state index is -3.80. The molecule has 29 heavy (non-hydrogen) atoms. The summed E-state index contributed by atoms with van der Waals surface area (Å²) in [6.07, 6.45) is 1.97. The van der Waals surface area contributed by atoms with Crippen LogP contribution in [-0.2, 0) is 27.1 Å². The Morgan fingerprint density at radius 1 is 1.34 bits per heavy atom. The van der Waals surface area contributed by atoms with Crippen molar-refractivity contribution in [1.82, 2.24) is 9.55 Å². The van der Waals surface area contributed by atoms with Crippen LogP contribution >= 0.6 is 11.8 Å². The second-order valence-corrected chi connectivity index (χ2v) is 9.06. The number of hydrogen-bond donors (Lipinski definition) is 1. The molecule has 0 radical (unpaired) electrons. The summed E-state index contributed by atoms with van der Waals surface area (Å²) in [5.41, 5.74) is 1.82. The van der Waals surface area contributed by atoms with Gasteiger partial charge in [-0.1, -0.05) is 25.1 Å². The first kappa shape index (κ1) is 21.4. The molecule has 0 fully saturated rings. The van der Waals surface area contributed by atoms with E-state index in [1.54, 1.807) is 19.1 Å². The molecule has 0 aliphatic heterocycles. The summed E-state index contributed by atoms with van der Waals surface area (Å²) in [5, 5.41) is 5.99. The highest BCUT2D eigenvalue weighted by molar-refractivity contribution is 7.98. The van der Waals surface area contributed by atoms with Crippen LogP contribution in [0.5, 0.6) is 0 Å². The number of furan rings is 1.